The number of hydrogen-bond acceptors (Lipinski definition) is 7. The van der Waals surface area contributed by atoms with Crippen LogP contribution in [0.2, 0.25) is 0 Å². The number of thiophene rings is 1. The second kappa shape index (κ2) is 10.1. The van der Waals surface area contributed by atoms with E-state index in [4.69, 9.17) is 9.57 Å². The zero-order valence-corrected chi connectivity index (χ0v) is 19.0. The summed E-state index contributed by atoms with van der Waals surface area (Å²) >= 11 is 1.52. The van der Waals surface area contributed by atoms with Crippen molar-refractivity contribution < 1.29 is 14.4 Å². The Morgan fingerprint density at radius 2 is 1.91 bits per heavy atom. The molecule has 0 aliphatic carbocycles. The number of aromatic nitrogens is 2. The van der Waals surface area contributed by atoms with Crippen molar-refractivity contribution in [3.05, 3.63) is 92.7 Å². The topological polar surface area (TPSA) is 94.8 Å². The molecule has 0 atom stereocenters. The number of hydrogen-bond donors (Lipinski definition) is 1. The fourth-order valence-corrected chi connectivity index (χ4v) is 3.79. The Morgan fingerprint density at radius 3 is 2.70 bits per heavy atom. The van der Waals surface area contributed by atoms with Gasteiger partial charge in [-0.25, -0.2) is 4.98 Å². The first-order valence-electron chi connectivity index (χ1n) is 10.2. The summed E-state index contributed by atoms with van der Waals surface area (Å²) in [6, 6.07) is 18.3. The van der Waals surface area contributed by atoms with E-state index in [1.165, 1.54) is 11.3 Å². The van der Waals surface area contributed by atoms with Gasteiger partial charge in [0.05, 0.1) is 21.5 Å². The van der Waals surface area contributed by atoms with E-state index >= 15 is 0 Å². The predicted octanol–water partition coefficient (Wildman–Crippen LogP) is 3.86. The van der Waals surface area contributed by atoms with Crippen LogP contribution in [0.3, 0.4) is 0 Å². The SMILES string of the molecule is CC(=NOCC(=O)Nn1c(COc2ccccc2C)nc2ccccc2c1=O)c1cccs1. The summed E-state index contributed by atoms with van der Waals surface area (Å²) in [5.41, 5.74) is 4.28. The van der Waals surface area contributed by atoms with Crippen molar-refractivity contribution >= 4 is 33.9 Å². The second-order valence-electron chi connectivity index (χ2n) is 7.20. The zero-order chi connectivity index (χ0) is 23.2. The van der Waals surface area contributed by atoms with Crippen molar-refractivity contribution in [2.45, 2.75) is 20.5 Å². The number of fused-ring (bicyclic) bond motifs is 1. The van der Waals surface area contributed by atoms with Crippen molar-refractivity contribution in [3.63, 3.8) is 0 Å². The van der Waals surface area contributed by atoms with E-state index in [9.17, 15) is 9.59 Å². The zero-order valence-electron chi connectivity index (χ0n) is 18.1. The molecule has 4 rings (SSSR count). The van der Waals surface area contributed by atoms with Crippen molar-refractivity contribution in [1.29, 1.82) is 0 Å². The average Bonchev–Trinajstić information content (AvgIpc) is 3.36. The Morgan fingerprint density at radius 1 is 1.12 bits per heavy atom. The molecule has 2 aromatic heterocycles. The highest BCUT2D eigenvalue weighted by Crippen LogP contribution is 2.18. The number of oxime groups is 1. The summed E-state index contributed by atoms with van der Waals surface area (Å²) in [4.78, 5) is 36.3. The molecule has 0 saturated heterocycles. The summed E-state index contributed by atoms with van der Waals surface area (Å²) in [6.07, 6.45) is 0. The highest BCUT2D eigenvalue weighted by molar-refractivity contribution is 7.12. The van der Waals surface area contributed by atoms with E-state index < -0.39 is 11.5 Å². The molecule has 33 heavy (non-hydrogen) atoms. The molecule has 0 bridgehead atoms. The maximum Gasteiger partial charge on any atom is 0.280 e. The van der Waals surface area contributed by atoms with Gasteiger partial charge in [0.1, 0.15) is 12.4 Å². The molecule has 0 spiro atoms. The number of aryl methyl sites for hydroxylation is 1. The molecule has 2 heterocycles. The second-order valence-corrected chi connectivity index (χ2v) is 8.15. The number of amides is 1. The summed E-state index contributed by atoms with van der Waals surface area (Å²) in [7, 11) is 0. The normalized spacial score (nSPS) is 11.4. The van der Waals surface area contributed by atoms with Crippen LogP contribution >= 0.6 is 11.3 Å². The van der Waals surface area contributed by atoms with Gasteiger partial charge in [-0.15, -0.1) is 11.3 Å². The predicted molar refractivity (Wildman–Crippen MR) is 128 cm³/mol. The summed E-state index contributed by atoms with van der Waals surface area (Å²) < 4.78 is 6.98. The van der Waals surface area contributed by atoms with E-state index in [1.807, 2.05) is 48.7 Å². The van der Waals surface area contributed by atoms with Gasteiger partial charge in [0.25, 0.3) is 11.5 Å². The lowest BCUT2D eigenvalue weighted by molar-refractivity contribution is -0.121. The van der Waals surface area contributed by atoms with Crippen LogP contribution in [-0.4, -0.2) is 27.9 Å². The lowest BCUT2D eigenvalue weighted by Gasteiger charge is -2.15. The van der Waals surface area contributed by atoms with E-state index in [-0.39, 0.29) is 19.0 Å². The van der Waals surface area contributed by atoms with Crippen molar-refractivity contribution in [2.75, 3.05) is 12.0 Å². The highest BCUT2D eigenvalue weighted by Gasteiger charge is 2.15. The Kier molecular flexibility index (Phi) is 6.80. The molecule has 0 radical (unpaired) electrons. The fourth-order valence-electron chi connectivity index (χ4n) is 3.13. The van der Waals surface area contributed by atoms with Gasteiger partial charge < -0.3 is 9.57 Å². The highest BCUT2D eigenvalue weighted by atomic mass is 32.1. The first-order chi connectivity index (χ1) is 16.0. The van der Waals surface area contributed by atoms with Gasteiger partial charge in [-0.05, 0) is 49.1 Å². The number of nitrogens with one attached hydrogen (secondary N) is 1. The number of rotatable bonds is 8. The molecular weight excluding hydrogens is 440 g/mol. The molecule has 2 aromatic carbocycles. The van der Waals surface area contributed by atoms with Crippen LogP contribution in [0.5, 0.6) is 5.75 Å². The molecule has 1 N–H and O–H groups in total. The molecule has 0 aliphatic heterocycles. The van der Waals surface area contributed by atoms with Crippen LogP contribution in [0.25, 0.3) is 10.9 Å². The minimum Gasteiger partial charge on any atom is -0.485 e. The lowest BCUT2D eigenvalue weighted by Crippen LogP contribution is -2.38. The minimum atomic E-state index is -0.547. The van der Waals surface area contributed by atoms with E-state index in [1.54, 1.807) is 31.2 Å². The smallest absolute Gasteiger partial charge is 0.280 e. The third-order valence-corrected chi connectivity index (χ3v) is 5.79. The maximum atomic E-state index is 13.1. The van der Waals surface area contributed by atoms with E-state index in [0.29, 0.717) is 22.4 Å². The Bertz CT molecular complexity index is 1360. The third kappa shape index (κ3) is 5.27. The van der Waals surface area contributed by atoms with Crippen LogP contribution in [0.1, 0.15) is 23.2 Å². The monoisotopic (exact) mass is 462 g/mol. The maximum absolute atomic E-state index is 13.1. The number of benzene rings is 2. The molecule has 8 nitrogen and oxygen atoms in total. The van der Waals surface area contributed by atoms with Crippen LogP contribution in [-0.2, 0) is 16.2 Å². The van der Waals surface area contributed by atoms with Crippen LogP contribution in [0.4, 0.5) is 0 Å². The van der Waals surface area contributed by atoms with Crippen LogP contribution < -0.4 is 15.7 Å². The summed E-state index contributed by atoms with van der Waals surface area (Å²) in [6.45, 7) is 3.35. The lowest BCUT2D eigenvalue weighted by atomic mass is 10.2. The van der Waals surface area contributed by atoms with Gasteiger partial charge in [-0.2, -0.15) is 4.68 Å². The van der Waals surface area contributed by atoms with Crippen molar-refractivity contribution in [3.8, 4) is 5.75 Å². The van der Waals surface area contributed by atoms with Gasteiger partial charge in [-0.1, -0.05) is 41.6 Å². The largest absolute Gasteiger partial charge is 0.485 e. The number of nitrogens with zero attached hydrogens (tertiary/aromatic N) is 3. The van der Waals surface area contributed by atoms with E-state index in [2.05, 4.69) is 15.6 Å². The minimum absolute atomic E-state index is 0.0122. The molecular formula is C24H22N4O4S. The molecule has 4 aromatic rings. The van der Waals surface area contributed by atoms with Gasteiger partial charge in [-0.3, -0.25) is 15.0 Å². The molecule has 0 fully saturated rings. The third-order valence-electron chi connectivity index (χ3n) is 4.81. The van der Waals surface area contributed by atoms with Crippen molar-refractivity contribution in [2.24, 2.45) is 5.16 Å². The first-order valence-corrected chi connectivity index (χ1v) is 11.1. The Balaban J connectivity index is 1.54. The standard InChI is InChI=1S/C24H22N4O4S/c1-16-8-3-6-11-20(16)31-14-22-25-19-10-5-4-9-18(19)24(30)28(22)26-23(29)15-32-27-17(2)21-12-7-13-33-21/h3-13H,14-15H2,1-2H3,(H,26,29). The van der Waals surface area contributed by atoms with E-state index in [0.717, 1.165) is 15.1 Å². The van der Waals surface area contributed by atoms with Crippen molar-refractivity contribution in [1.82, 2.24) is 9.66 Å². The average molecular weight is 463 g/mol. The first kappa shape index (κ1) is 22.2. The fraction of sp³-hybridized carbons (Fsp3) is 0.167. The van der Waals surface area contributed by atoms with Gasteiger partial charge in [0, 0.05) is 0 Å². The molecule has 9 heteroatoms. The quantitative estimate of drug-likeness (QED) is 0.317. The molecule has 0 unspecified atom stereocenters. The van der Waals surface area contributed by atoms with Gasteiger partial charge >= 0.3 is 0 Å². The Hall–Kier alpha value is -3.98. The molecule has 0 saturated carbocycles. The number of para-hydroxylation sites is 2. The molecule has 0 aliphatic rings. The van der Waals surface area contributed by atoms with Crippen LogP contribution in [0.15, 0.2) is 76.0 Å². The van der Waals surface area contributed by atoms with Crippen LogP contribution in [0, 0.1) is 6.92 Å². The van der Waals surface area contributed by atoms with Gasteiger partial charge in [0.15, 0.2) is 12.4 Å². The number of carbonyl (C=O) groups excluding carboxylic acids is 1. The summed E-state index contributed by atoms with van der Waals surface area (Å²) in [5.74, 6) is 0.377. The molecule has 1 amide bonds. The van der Waals surface area contributed by atoms with Gasteiger partial charge in [0.2, 0.25) is 0 Å². The molecule has 168 valence electrons. The number of carbonyl (C=O) groups is 1. The Labute approximate surface area is 194 Å². The number of ether oxygens (including phenoxy) is 1. The summed E-state index contributed by atoms with van der Waals surface area (Å²) in [5, 5.41) is 6.28.